The Morgan fingerprint density at radius 3 is 2.52 bits per heavy atom. The maximum absolute atomic E-state index is 13.3. The van der Waals surface area contributed by atoms with Gasteiger partial charge in [-0.2, -0.15) is 0 Å². The molecule has 0 spiro atoms. The Morgan fingerprint density at radius 2 is 1.86 bits per heavy atom. The number of halogens is 1. The minimum absolute atomic E-state index is 0.179. The van der Waals surface area contributed by atoms with Gasteiger partial charge in [-0.15, -0.1) is 0 Å². The van der Waals surface area contributed by atoms with Gasteiger partial charge in [0.25, 0.3) is 0 Å². The topological polar surface area (TPSA) is 55.8 Å². The maximum Gasteiger partial charge on any atom is 0.335 e. The summed E-state index contributed by atoms with van der Waals surface area (Å²) < 4.78 is 24.0. The largest absolute Gasteiger partial charge is 0.490 e. The minimum Gasteiger partial charge on any atom is -0.490 e. The highest BCUT2D eigenvalue weighted by molar-refractivity contribution is 5.89. The summed E-state index contributed by atoms with van der Waals surface area (Å²) in [6.07, 6.45) is 0. The van der Waals surface area contributed by atoms with Gasteiger partial charge in [0.1, 0.15) is 19.0 Å². The van der Waals surface area contributed by atoms with Gasteiger partial charge in [-0.3, -0.25) is 0 Å². The molecule has 0 aliphatic rings. The van der Waals surface area contributed by atoms with Gasteiger partial charge < -0.3 is 14.6 Å². The molecule has 0 saturated carbocycles. The Balaban J connectivity index is 1.85. The third-order valence-corrected chi connectivity index (χ3v) is 2.87. The first kappa shape index (κ1) is 14.8. The maximum atomic E-state index is 13.3. The summed E-state index contributed by atoms with van der Waals surface area (Å²) in [4.78, 5) is 10.9. The summed E-state index contributed by atoms with van der Waals surface area (Å²) in [6, 6.07) is 10.9. The number of carboxylic acid groups (broad SMARTS) is 1. The minimum atomic E-state index is -0.970. The van der Waals surface area contributed by atoms with Crippen molar-refractivity contribution in [2.45, 2.75) is 6.92 Å². The summed E-state index contributed by atoms with van der Waals surface area (Å²) in [5.41, 5.74) is 0.861. The highest BCUT2D eigenvalue weighted by Crippen LogP contribution is 2.18. The van der Waals surface area contributed by atoms with Gasteiger partial charge in [0.2, 0.25) is 0 Å². The molecule has 0 unspecified atom stereocenters. The predicted molar refractivity (Wildman–Crippen MR) is 75.5 cm³/mol. The highest BCUT2D eigenvalue weighted by atomic mass is 19.1. The monoisotopic (exact) mass is 290 g/mol. The number of hydrogen-bond donors (Lipinski definition) is 1. The molecule has 0 aliphatic carbocycles. The van der Waals surface area contributed by atoms with Crippen molar-refractivity contribution in [3.63, 3.8) is 0 Å². The lowest BCUT2D eigenvalue weighted by molar-refractivity contribution is 0.0696. The average molecular weight is 290 g/mol. The molecule has 1 N–H and O–H groups in total. The van der Waals surface area contributed by atoms with Gasteiger partial charge in [0, 0.05) is 0 Å². The van der Waals surface area contributed by atoms with Crippen molar-refractivity contribution in [2.75, 3.05) is 13.2 Å². The molecular formula is C16H15FO4. The fraction of sp³-hybridized carbons (Fsp3) is 0.188. The number of aryl methyl sites for hydroxylation is 1. The van der Waals surface area contributed by atoms with Crippen LogP contribution >= 0.6 is 0 Å². The van der Waals surface area contributed by atoms with Crippen molar-refractivity contribution in [2.24, 2.45) is 0 Å². The number of para-hydroxylation sites is 1. The zero-order valence-electron chi connectivity index (χ0n) is 11.5. The zero-order valence-corrected chi connectivity index (χ0v) is 11.5. The first-order chi connectivity index (χ1) is 10.1. The highest BCUT2D eigenvalue weighted by Gasteiger charge is 2.07. The lowest BCUT2D eigenvalue weighted by Crippen LogP contribution is -2.10. The molecule has 0 aromatic heterocycles. The van der Waals surface area contributed by atoms with Crippen molar-refractivity contribution in [3.05, 3.63) is 59.4 Å². The molecule has 21 heavy (non-hydrogen) atoms. The SMILES string of the molecule is Cc1cc(OCCOc2ccccc2F)ccc1C(=O)O. The molecule has 0 heterocycles. The number of ether oxygens (including phenoxy) is 2. The Kier molecular flexibility index (Phi) is 4.77. The lowest BCUT2D eigenvalue weighted by Gasteiger charge is -2.10. The van der Waals surface area contributed by atoms with Crippen LogP contribution in [0.25, 0.3) is 0 Å². The van der Waals surface area contributed by atoms with Crippen LogP contribution in [0.3, 0.4) is 0 Å². The van der Waals surface area contributed by atoms with Crippen LogP contribution in [0.1, 0.15) is 15.9 Å². The Morgan fingerprint density at radius 1 is 1.14 bits per heavy atom. The third-order valence-electron chi connectivity index (χ3n) is 2.87. The van der Waals surface area contributed by atoms with E-state index in [1.807, 2.05) is 0 Å². The molecule has 0 saturated heterocycles. The molecule has 0 radical (unpaired) electrons. The summed E-state index contributed by atoms with van der Waals surface area (Å²) in [6.45, 7) is 2.13. The lowest BCUT2D eigenvalue weighted by atomic mass is 10.1. The first-order valence-corrected chi connectivity index (χ1v) is 6.42. The molecule has 0 bridgehead atoms. The zero-order chi connectivity index (χ0) is 15.2. The third kappa shape index (κ3) is 3.95. The number of aromatic carboxylic acids is 1. The van der Waals surface area contributed by atoms with Crippen molar-refractivity contribution in [3.8, 4) is 11.5 Å². The van der Waals surface area contributed by atoms with E-state index in [1.54, 1.807) is 37.3 Å². The number of carbonyl (C=O) groups is 1. The van der Waals surface area contributed by atoms with Crippen LogP contribution in [-0.4, -0.2) is 24.3 Å². The van der Waals surface area contributed by atoms with Crippen LogP contribution in [0.5, 0.6) is 11.5 Å². The van der Waals surface area contributed by atoms with Gasteiger partial charge >= 0.3 is 5.97 Å². The van der Waals surface area contributed by atoms with E-state index in [0.29, 0.717) is 11.3 Å². The smallest absolute Gasteiger partial charge is 0.335 e. The van der Waals surface area contributed by atoms with E-state index in [0.717, 1.165) is 0 Å². The molecule has 0 aliphatic heterocycles. The van der Waals surface area contributed by atoms with E-state index < -0.39 is 11.8 Å². The summed E-state index contributed by atoms with van der Waals surface area (Å²) in [5.74, 6) is -0.658. The van der Waals surface area contributed by atoms with Crippen LogP contribution in [0.4, 0.5) is 4.39 Å². The molecule has 0 fully saturated rings. The number of hydrogen-bond acceptors (Lipinski definition) is 3. The van der Waals surface area contributed by atoms with Gasteiger partial charge in [-0.1, -0.05) is 12.1 Å². The van der Waals surface area contributed by atoms with Crippen LogP contribution in [0.2, 0.25) is 0 Å². The van der Waals surface area contributed by atoms with Crippen molar-refractivity contribution in [1.29, 1.82) is 0 Å². The molecule has 2 rings (SSSR count). The van der Waals surface area contributed by atoms with E-state index in [4.69, 9.17) is 14.6 Å². The van der Waals surface area contributed by atoms with Gasteiger partial charge in [-0.05, 0) is 42.8 Å². The quantitative estimate of drug-likeness (QED) is 0.829. The Labute approximate surface area is 121 Å². The van der Waals surface area contributed by atoms with E-state index in [-0.39, 0.29) is 24.5 Å². The van der Waals surface area contributed by atoms with Crippen molar-refractivity contribution < 1.29 is 23.8 Å². The number of rotatable bonds is 6. The molecule has 2 aromatic rings. The molecule has 4 nitrogen and oxygen atoms in total. The van der Waals surface area contributed by atoms with Crippen LogP contribution < -0.4 is 9.47 Å². The molecule has 5 heteroatoms. The van der Waals surface area contributed by atoms with E-state index in [9.17, 15) is 9.18 Å². The second-order valence-corrected chi connectivity index (χ2v) is 4.41. The van der Waals surface area contributed by atoms with Crippen LogP contribution in [0.15, 0.2) is 42.5 Å². The summed E-state index contributed by atoms with van der Waals surface area (Å²) in [7, 11) is 0. The predicted octanol–water partition coefficient (Wildman–Crippen LogP) is 3.29. The van der Waals surface area contributed by atoms with Crippen LogP contribution in [0, 0.1) is 12.7 Å². The number of carboxylic acids is 1. The summed E-state index contributed by atoms with van der Waals surface area (Å²) in [5, 5.41) is 8.93. The molecule has 110 valence electrons. The van der Waals surface area contributed by atoms with Gasteiger partial charge in [0.15, 0.2) is 11.6 Å². The fourth-order valence-corrected chi connectivity index (χ4v) is 1.84. The summed E-state index contributed by atoms with van der Waals surface area (Å²) >= 11 is 0. The number of benzene rings is 2. The van der Waals surface area contributed by atoms with Gasteiger partial charge in [0.05, 0.1) is 5.56 Å². The normalized spacial score (nSPS) is 10.2. The average Bonchev–Trinajstić information content (AvgIpc) is 2.45. The van der Waals surface area contributed by atoms with E-state index in [1.165, 1.54) is 12.1 Å². The van der Waals surface area contributed by atoms with Crippen LogP contribution in [-0.2, 0) is 0 Å². The molecule has 0 amide bonds. The second-order valence-electron chi connectivity index (χ2n) is 4.41. The van der Waals surface area contributed by atoms with E-state index in [2.05, 4.69) is 0 Å². The van der Waals surface area contributed by atoms with E-state index >= 15 is 0 Å². The van der Waals surface area contributed by atoms with Crippen molar-refractivity contribution in [1.82, 2.24) is 0 Å². The van der Waals surface area contributed by atoms with Crippen molar-refractivity contribution >= 4 is 5.97 Å². The second kappa shape index (κ2) is 6.74. The Bertz CT molecular complexity index is 640. The molecule has 0 atom stereocenters. The first-order valence-electron chi connectivity index (χ1n) is 6.42. The fourth-order valence-electron chi connectivity index (χ4n) is 1.84. The molecule has 2 aromatic carbocycles. The molecular weight excluding hydrogens is 275 g/mol. The Hall–Kier alpha value is -2.56. The standard InChI is InChI=1S/C16H15FO4/c1-11-10-12(6-7-13(11)16(18)19)20-8-9-21-15-5-3-2-4-14(15)17/h2-7,10H,8-9H2,1H3,(H,18,19). The van der Waals surface area contributed by atoms with Gasteiger partial charge in [-0.25, -0.2) is 9.18 Å².